The molecule has 0 radical (unpaired) electrons. The van der Waals surface area contributed by atoms with Gasteiger partial charge in [-0.25, -0.2) is 0 Å². The molecule has 2 aromatic rings. The molecule has 0 bridgehead atoms. The summed E-state index contributed by atoms with van der Waals surface area (Å²) in [6, 6.07) is 15.7. The zero-order valence-electron chi connectivity index (χ0n) is 11.3. The van der Waals surface area contributed by atoms with Crippen molar-refractivity contribution in [3.8, 4) is 5.75 Å². The van der Waals surface area contributed by atoms with E-state index in [1.807, 2.05) is 55.5 Å². The number of para-hydroxylation sites is 1. The third-order valence-corrected chi connectivity index (χ3v) is 3.18. The highest BCUT2D eigenvalue weighted by Crippen LogP contribution is 2.23. The van der Waals surface area contributed by atoms with E-state index in [2.05, 4.69) is 5.32 Å². The van der Waals surface area contributed by atoms with Crippen molar-refractivity contribution in [1.82, 2.24) is 0 Å². The quantitative estimate of drug-likeness (QED) is 0.864. The summed E-state index contributed by atoms with van der Waals surface area (Å²) >= 11 is 0. The number of aliphatic hydroxyl groups excluding tert-OH is 1. The van der Waals surface area contributed by atoms with E-state index in [-0.39, 0.29) is 12.6 Å². The van der Waals surface area contributed by atoms with Crippen molar-refractivity contribution in [2.24, 2.45) is 0 Å². The SMILES string of the molecule is COc1ccc(C(CO)Nc2ccccc2C)cc1. The van der Waals surface area contributed by atoms with E-state index in [1.54, 1.807) is 7.11 Å². The van der Waals surface area contributed by atoms with Gasteiger partial charge in [-0.2, -0.15) is 0 Å². The van der Waals surface area contributed by atoms with Gasteiger partial charge in [0, 0.05) is 5.69 Å². The van der Waals surface area contributed by atoms with Crippen LogP contribution >= 0.6 is 0 Å². The number of ether oxygens (including phenoxy) is 1. The van der Waals surface area contributed by atoms with Crippen molar-refractivity contribution in [2.45, 2.75) is 13.0 Å². The van der Waals surface area contributed by atoms with Gasteiger partial charge in [0.25, 0.3) is 0 Å². The van der Waals surface area contributed by atoms with Crippen LogP contribution in [0.2, 0.25) is 0 Å². The molecule has 0 amide bonds. The summed E-state index contributed by atoms with van der Waals surface area (Å²) < 4.78 is 5.14. The molecule has 3 nitrogen and oxygen atoms in total. The van der Waals surface area contributed by atoms with E-state index in [1.165, 1.54) is 0 Å². The second-order valence-corrected chi connectivity index (χ2v) is 4.47. The molecule has 0 heterocycles. The first-order valence-electron chi connectivity index (χ1n) is 6.31. The lowest BCUT2D eigenvalue weighted by Gasteiger charge is -2.19. The van der Waals surface area contributed by atoms with Gasteiger partial charge in [0.05, 0.1) is 19.8 Å². The largest absolute Gasteiger partial charge is 0.497 e. The first-order valence-corrected chi connectivity index (χ1v) is 6.31. The molecule has 0 aromatic heterocycles. The van der Waals surface area contributed by atoms with Crippen molar-refractivity contribution >= 4 is 5.69 Å². The van der Waals surface area contributed by atoms with E-state index >= 15 is 0 Å². The maximum absolute atomic E-state index is 9.56. The average molecular weight is 257 g/mol. The summed E-state index contributed by atoms with van der Waals surface area (Å²) in [7, 11) is 1.64. The first-order chi connectivity index (χ1) is 9.24. The smallest absolute Gasteiger partial charge is 0.118 e. The Kier molecular flexibility index (Phi) is 4.42. The minimum absolute atomic E-state index is 0.0423. The van der Waals surface area contributed by atoms with Crippen molar-refractivity contribution in [3.05, 3.63) is 59.7 Å². The number of benzene rings is 2. The zero-order chi connectivity index (χ0) is 13.7. The Morgan fingerprint density at radius 1 is 1.11 bits per heavy atom. The molecule has 1 unspecified atom stereocenters. The molecule has 0 saturated heterocycles. The van der Waals surface area contributed by atoms with Crippen molar-refractivity contribution in [3.63, 3.8) is 0 Å². The maximum Gasteiger partial charge on any atom is 0.118 e. The lowest BCUT2D eigenvalue weighted by molar-refractivity contribution is 0.276. The van der Waals surface area contributed by atoms with Gasteiger partial charge < -0.3 is 15.2 Å². The van der Waals surface area contributed by atoms with Gasteiger partial charge >= 0.3 is 0 Å². The Labute approximate surface area is 113 Å². The number of hydrogen-bond donors (Lipinski definition) is 2. The Morgan fingerprint density at radius 3 is 2.37 bits per heavy atom. The maximum atomic E-state index is 9.56. The highest BCUT2D eigenvalue weighted by atomic mass is 16.5. The van der Waals surface area contributed by atoms with Gasteiger partial charge in [0.15, 0.2) is 0 Å². The molecule has 100 valence electrons. The highest BCUT2D eigenvalue weighted by molar-refractivity contribution is 5.52. The molecule has 3 heteroatoms. The molecule has 0 spiro atoms. The monoisotopic (exact) mass is 257 g/mol. The Morgan fingerprint density at radius 2 is 1.79 bits per heavy atom. The topological polar surface area (TPSA) is 41.5 Å². The molecule has 2 aromatic carbocycles. The van der Waals surface area contributed by atoms with Crippen LogP contribution in [0.3, 0.4) is 0 Å². The van der Waals surface area contributed by atoms with Crippen molar-refractivity contribution in [1.29, 1.82) is 0 Å². The van der Waals surface area contributed by atoms with E-state index < -0.39 is 0 Å². The summed E-state index contributed by atoms with van der Waals surface area (Å²) in [5.74, 6) is 0.816. The second-order valence-electron chi connectivity index (χ2n) is 4.47. The van der Waals surface area contributed by atoms with Crippen LogP contribution in [0.15, 0.2) is 48.5 Å². The Balaban J connectivity index is 2.17. The van der Waals surface area contributed by atoms with Crippen LogP contribution in [-0.2, 0) is 0 Å². The average Bonchev–Trinajstić information content (AvgIpc) is 2.47. The van der Waals surface area contributed by atoms with Crippen LogP contribution in [0.1, 0.15) is 17.2 Å². The van der Waals surface area contributed by atoms with E-state index in [0.717, 1.165) is 22.6 Å². The number of nitrogens with one attached hydrogen (secondary N) is 1. The molecular weight excluding hydrogens is 238 g/mol. The predicted molar refractivity (Wildman–Crippen MR) is 77.6 cm³/mol. The fraction of sp³-hybridized carbons (Fsp3) is 0.250. The molecule has 0 saturated carbocycles. The minimum atomic E-state index is -0.119. The van der Waals surface area contributed by atoms with Crippen LogP contribution in [0.5, 0.6) is 5.75 Å². The number of rotatable bonds is 5. The second kappa shape index (κ2) is 6.25. The van der Waals surface area contributed by atoms with E-state index in [4.69, 9.17) is 4.74 Å². The fourth-order valence-corrected chi connectivity index (χ4v) is 1.99. The van der Waals surface area contributed by atoms with E-state index in [9.17, 15) is 5.11 Å². The first kappa shape index (κ1) is 13.4. The molecule has 0 aliphatic rings. The predicted octanol–water partition coefficient (Wildman–Crippen LogP) is 3.15. The zero-order valence-corrected chi connectivity index (χ0v) is 11.3. The lowest BCUT2D eigenvalue weighted by atomic mass is 10.1. The standard InChI is InChI=1S/C16H19NO2/c1-12-5-3-4-6-15(12)17-16(11-18)13-7-9-14(19-2)10-8-13/h3-10,16-18H,11H2,1-2H3. The third-order valence-electron chi connectivity index (χ3n) is 3.18. The van der Waals surface area contributed by atoms with Gasteiger partial charge in [-0.15, -0.1) is 0 Å². The van der Waals surface area contributed by atoms with Crippen LogP contribution in [-0.4, -0.2) is 18.8 Å². The Hall–Kier alpha value is -2.00. The third kappa shape index (κ3) is 3.26. The number of anilines is 1. The number of methoxy groups -OCH3 is 1. The molecular formula is C16H19NO2. The van der Waals surface area contributed by atoms with E-state index in [0.29, 0.717) is 0 Å². The lowest BCUT2D eigenvalue weighted by Crippen LogP contribution is -2.15. The number of hydrogen-bond acceptors (Lipinski definition) is 3. The summed E-state index contributed by atoms with van der Waals surface area (Å²) in [5, 5.41) is 12.9. The molecule has 2 rings (SSSR count). The normalized spacial score (nSPS) is 11.9. The minimum Gasteiger partial charge on any atom is -0.497 e. The summed E-state index contributed by atoms with van der Waals surface area (Å²) in [5.41, 5.74) is 3.23. The van der Waals surface area contributed by atoms with Gasteiger partial charge in [-0.1, -0.05) is 30.3 Å². The fourth-order valence-electron chi connectivity index (χ4n) is 1.99. The van der Waals surface area contributed by atoms with Crippen LogP contribution in [0.25, 0.3) is 0 Å². The van der Waals surface area contributed by atoms with Crippen LogP contribution < -0.4 is 10.1 Å². The molecule has 1 atom stereocenters. The van der Waals surface area contributed by atoms with Gasteiger partial charge in [0.1, 0.15) is 5.75 Å². The number of aliphatic hydroxyl groups is 1. The van der Waals surface area contributed by atoms with Crippen molar-refractivity contribution < 1.29 is 9.84 Å². The van der Waals surface area contributed by atoms with Crippen LogP contribution in [0, 0.1) is 6.92 Å². The van der Waals surface area contributed by atoms with Gasteiger partial charge in [0.2, 0.25) is 0 Å². The molecule has 0 fully saturated rings. The summed E-state index contributed by atoms with van der Waals surface area (Å²) in [4.78, 5) is 0. The summed E-state index contributed by atoms with van der Waals surface area (Å²) in [6.07, 6.45) is 0. The molecule has 2 N–H and O–H groups in total. The molecule has 19 heavy (non-hydrogen) atoms. The Bertz CT molecular complexity index is 523. The van der Waals surface area contributed by atoms with Gasteiger partial charge in [-0.3, -0.25) is 0 Å². The molecule has 0 aliphatic heterocycles. The highest BCUT2D eigenvalue weighted by Gasteiger charge is 2.11. The van der Waals surface area contributed by atoms with Gasteiger partial charge in [-0.05, 0) is 36.2 Å². The number of aryl methyl sites for hydroxylation is 1. The van der Waals surface area contributed by atoms with Crippen molar-refractivity contribution in [2.75, 3.05) is 19.0 Å². The van der Waals surface area contributed by atoms with Crippen LogP contribution in [0.4, 0.5) is 5.69 Å². The summed E-state index contributed by atoms with van der Waals surface area (Å²) in [6.45, 7) is 2.09. The molecule has 0 aliphatic carbocycles.